The molecule has 0 amide bonds. The summed E-state index contributed by atoms with van der Waals surface area (Å²) in [4.78, 5) is 13.0. The van der Waals surface area contributed by atoms with Crippen molar-refractivity contribution in [2.75, 3.05) is 6.61 Å². The Kier molecular flexibility index (Phi) is 4.62. The maximum atomic E-state index is 11.6. The van der Waals surface area contributed by atoms with Crippen LogP contribution in [0.15, 0.2) is 54.8 Å². The highest BCUT2D eigenvalue weighted by Gasteiger charge is 2.11. The summed E-state index contributed by atoms with van der Waals surface area (Å²) in [6.07, 6.45) is 4.22. The van der Waals surface area contributed by atoms with Crippen LogP contribution in [0.5, 0.6) is 0 Å². The van der Waals surface area contributed by atoms with Crippen molar-refractivity contribution in [3.05, 3.63) is 60.5 Å². The Morgan fingerprint density at radius 3 is 2.86 bits per heavy atom. The Balaban J connectivity index is 2.21. The third-order valence-corrected chi connectivity index (χ3v) is 2.46. The number of aromatic nitrogens is 3. The molecule has 1 aromatic heterocycles. The molecule has 0 bridgehead atoms. The molecule has 2 rings (SSSR count). The molecule has 0 fully saturated rings. The molecule has 21 heavy (non-hydrogen) atoms. The number of nitriles is 1. The van der Waals surface area contributed by atoms with E-state index in [1.165, 1.54) is 23.1 Å². The number of carbonyl (C=O) groups excluding carboxylic acids is 1. The first-order chi connectivity index (χ1) is 10.2. The van der Waals surface area contributed by atoms with Gasteiger partial charge in [0.05, 0.1) is 11.9 Å². The molecule has 0 aliphatic rings. The van der Waals surface area contributed by atoms with Gasteiger partial charge < -0.3 is 4.74 Å². The van der Waals surface area contributed by atoms with Gasteiger partial charge in [0.25, 0.3) is 0 Å². The van der Waals surface area contributed by atoms with Crippen LogP contribution in [0, 0.1) is 11.3 Å². The smallest absolute Gasteiger partial charge is 0.349 e. The lowest BCUT2D eigenvalue weighted by Crippen LogP contribution is -2.06. The molecule has 0 unspecified atom stereocenters. The molecule has 104 valence electrons. The summed E-state index contributed by atoms with van der Waals surface area (Å²) in [6.45, 7) is 3.48. The van der Waals surface area contributed by atoms with Crippen LogP contribution in [0.4, 0.5) is 0 Å². The van der Waals surface area contributed by atoms with Crippen molar-refractivity contribution < 1.29 is 9.53 Å². The van der Waals surface area contributed by atoms with Crippen LogP contribution in [0.2, 0.25) is 0 Å². The van der Waals surface area contributed by atoms with E-state index in [-0.39, 0.29) is 12.2 Å². The zero-order valence-corrected chi connectivity index (χ0v) is 11.1. The number of hydrogen-bond acceptors (Lipinski definition) is 5. The van der Waals surface area contributed by atoms with Crippen LogP contribution in [0.1, 0.15) is 5.69 Å². The van der Waals surface area contributed by atoms with Crippen LogP contribution in [0.3, 0.4) is 0 Å². The number of carbonyl (C=O) groups is 1. The van der Waals surface area contributed by atoms with Gasteiger partial charge in [-0.3, -0.25) is 0 Å². The molecule has 6 nitrogen and oxygen atoms in total. The number of hydrogen-bond donors (Lipinski definition) is 0. The second-order valence-corrected chi connectivity index (χ2v) is 3.95. The minimum atomic E-state index is -0.716. The Bertz CT molecular complexity index is 711. The molecule has 1 aromatic carbocycles. The van der Waals surface area contributed by atoms with Gasteiger partial charge >= 0.3 is 5.97 Å². The molecule has 0 aliphatic heterocycles. The first-order valence-electron chi connectivity index (χ1n) is 6.12. The number of nitrogens with zero attached hydrogens (tertiary/aromatic N) is 4. The summed E-state index contributed by atoms with van der Waals surface area (Å²) in [6, 6.07) is 11.1. The van der Waals surface area contributed by atoms with Gasteiger partial charge in [0.2, 0.25) is 0 Å². The van der Waals surface area contributed by atoms with Crippen LogP contribution in [-0.4, -0.2) is 27.6 Å². The van der Waals surface area contributed by atoms with E-state index in [2.05, 4.69) is 16.8 Å². The van der Waals surface area contributed by atoms with E-state index in [0.29, 0.717) is 5.69 Å². The number of para-hydroxylation sites is 1. The molecule has 2 aromatic rings. The van der Waals surface area contributed by atoms with Gasteiger partial charge in [0.1, 0.15) is 23.9 Å². The van der Waals surface area contributed by atoms with E-state index < -0.39 is 5.97 Å². The summed E-state index contributed by atoms with van der Waals surface area (Å²) in [7, 11) is 0. The highest BCUT2D eigenvalue weighted by Crippen LogP contribution is 2.08. The molecule has 0 radical (unpaired) electrons. The molecule has 1 heterocycles. The molecular weight excluding hydrogens is 268 g/mol. The average molecular weight is 280 g/mol. The fraction of sp³-hybridized carbons (Fsp3) is 0.0667. The van der Waals surface area contributed by atoms with Gasteiger partial charge in [-0.1, -0.05) is 30.9 Å². The molecule has 0 saturated carbocycles. The van der Waals surface area contributed by atoms with Gasteiger partial charge in [-0.05, 0) is 18.2 Å². The third kappa shape index (κ3) is 3.64. The molecular formula is C15H12N4O2. The second-order valence-electron chi connectivity index (χ2n) is 3.95. The van der Waals surface area contributed by atoms with Crippen molar-refractivity contribution in [2.24, 2.45) is 0 Å². The van der Waals surface area contributed by atoms with E-state index in [4.69, 9.17) is 10.00 Å². The Morgan fingerprint density at radius 2 is 2.19 bits per heavy atom. The summed E-state index contributed by atoms with van der Waals surface area (Å²) >= 11 is 0. The Morgan fingerprint density at radius 1 is 1.43 bits per heavy atom. The molecule has 0 aliphatic carbocycles. The van der Waals surface area contributed by atoms with Crippen LogP contribution < -0.4 is 0 Å². The van der Waals surface area contributed by atoms with Gasteiger partial charge in [-0.15, -0.1) is 5.10 Å². The summed E-state index contributed by atoms with van der Waals surface area (Å²) in [5, 5.41) is 17.2. The van der Waals surface area contributed by atoms with Crippen molar-refractivity contribution in [1.82, 2.24) is 15.0 Å². The minimum Gasteiger partial charge on any atom is -0.457 e. The fourth-order valence-electron chi connectivity index (χ4n) is 1.52. The summed E-state index contributed by atoms with van der Waals surface area (Å²) in [5.74, 6) is -0.716. The molecule has 0 N–H and O–H groups in total. The van der Waals surface area contributed by atoms with Crippen molar-refractivity contribution in [3.8, 4) is 11.8 Å². The van der Waals surface area contributed by atoms with Crippen molar-refractivity contribution >= 4 is 12.0 Å². The fourth-order valence-corrected chi connectivity index (χ4v) is 1.52. The first kappa shape index (κ1) is 14.2. The van der Waals surface area contributed by atoms with Gasteiger partial charge in [0.15, 0.2) is 0 Å². The van der Waals surface area contributed by atoms with E-state index in [0.717, 1.165) is 5.69 Å². The monoisotopic (exact) mass is 280 g/mol. The normalized spacial score (nSPS) is 10.7. The zero-order valence-electron chi connectivity index (χ0n) is 11.1. The highest BCUT2D eigenvalue weighted by atomic mass is 16.5. The predicted octanol–water partition coefficient (Wildman–Crippen LogP) is 1.90. The van der Waals surface area contributed by atoms with Gasteiger partial charge in [0, 0.05) is 0 Å². The van der Waals surface area contributed by atoms with Crippen molar-refractivity contribution in [2.45, 2.75) is 0 Å². The summed E-state index contributed by atoms with van der Waals surface area (Å²) in [5.41, 5.74) is 1.04. The van der Waals surface area contributed by atoms with Crippen LogP contribution in [0.25, 0.3) is 11.8 Å². The van der Waals surface area contributed by atoms with Gasteiger partial charge in [-0.2, -0.15) is 15.2 Å². The molecule has 0 spiro atoms. The zero-order chi connectivity index (χ0) is 15.1. The average Bonchev–Trinajstić information content (AvgIpc) is 2.99. The standard InChI is InChI=1S/C15H12N4O2/c1-2-8-21-15(20)12(10-16)9-13-11-17-19(18-13)14-6-4-3-5-7-14/h2-7,9,11H,1,8H2. The Labute approximate surface area is 121 Å². The van der Waals surface area contributed by atoms with Crippen LogP contribution in [-0.2, 0) is 9.53 Å². The number of benzene rings is 1. The largest absolute Gasteiger partial charge is 0.457 e. The first-order valence-corrected chi connectivity index (χ1v) is 6.12. The van der Waals surface area contributed by atoms with Crippen LogP contribution >= 0.6 is 0 Å². The summed E-state index contributed by atoms with van der Waals surface area (Å²) < 4.78 is 4.81. The van der Waals surface area contributed by atoms with Crippen molar-refractivity contribution in [3.63, 3.8) is 0 Å². The van der Waals surface area contributed by atoms with E-state index in [1.54, 1.807) is 6.07 Å². The second kappa shape index (κ2) is 6.82. The molecule has 6 heteroatoms. The molecule has 0 atom stereocenters. The maximum Gasteiger partial charge on any atom is 0.349 e. The number of ether oxygens (including phenoxy) is 1. The third-order valence-electron chi connectivity index (χ3n) is 2.46. The van der Waals surface area contributed by atoms with E-state index >= 15 is 0 Å². The SMILES string of the molecule is C=CCOC(=O)C(C#N)=Cc1cnn(-c2ccccc2)n1. The lowest BCUT2D eigenvalue weighted by molar-refractivity contribution is -0.137. The maximum absolute atomic E-state index is 11.6. The minimum absolute atomic E-state index is 0.0502. The van der Waals surface area contributed by atoms with Gasteiger partial charge in [-0.25, -0.2) is 4.79 Å². The van der Waals surface area contributed by atoms with E-state index in [9.17, 15) is 4.79 Å². The van der Waals surface area contributed by atoms with Crippen molar-refractivity contribution in [1.29, 1.82) is 5.26 Å². The predicted molar refractivity (Wildman–Crippen MR) is 76.1 cm³/mol. The molecule has 0 saturated heterocycles. The van der Waals surface area contributed by atoms with E-state index in [1.807, 2.05) is 30.3 Å². The Hall–Kier alpha value is -3.20. The number of esters is 1. The number of rotatable bonds is 5. The highest BCUT2D eigenvalue weighted by molar-refractivity contribution is 5.97. The quantitative estimate of drug-likeness (QED) is 0.361. The lowest BCUT2D eigenvalue weighted by atomic mass is 10.2. The topological polar surface area (TPSA) is 80.8 Å². The lowest BCUT2D eigenvalue weighted by Gasteiger charge is -1.98.